The summed E-state index contributed by atoms with van der Waals surface area (Å²) in [6.45, 7) is 2.44. The van der Waals surface area contributed by atoms with Crippen LogP contribution < -0.4 is 4.74 Å². The van der Waals surface area contributed by atoms with E-state index in [1.165, 1.54) is 12.1 Å². The quantitative estimate of drug-likeness (QED) is 0.509. The highest BCUT2D eigenvalue weighted by atomic mass is 35.5. The fourth-order valence-corrected chi connectivity index (χ4v) is 3.69. The number of methoxy groups -OCH3 is 1. The molecule has 2 heterocycles. The number of aryl methyl sites for hydroxylation is 1. The van der Waals surface area contributed by atoms with Crippen molar-refractivity contribution in [3.8, 4) is 11.4 Å². The molecule has 1 aliphatic rings. The second-order valence-corrected chi connectivity index (χ2v) is 7.32. The summed E-state index contributed by atoms with van der Waals surface area (Å²) in [6, 6.07) is 10.2. The minimum atomic E-state index is -0.735. The van der Waals surface area contributed by atoms with Gasteiger partial charge in [0.25, 0.3) is 0 Å². The zero-order valence-electron chi connectivity index (χ0n) is 17.4. The Hall–Kier alpha value is -2.48. The summed E-state index contributed by atoms with van der Waals surface area (Å²) in [6.07, 6.45) is 4.40. The van der Waals surface area contributed by atoms with Crippen LogP contribution in [0.2, 0.25) is 0 Å². The van der Waals surface area contributed by atoms with Crippen molar-refractivity contribution in [1.82, 2.24) is 9.55 Å². The predicted molar refractivity (Wildman–Crippen MR) is 115 cm³/mol. The molecule has 166 valence electrons. The molecule has 2 aromatic carbocycles. The number of ether oxygens (including phenoxy) is 3. The summed E-state index contributed by atoms with van der Waals surface area (Å²) >= 11 is 0. The van der Waals surface area contributed by atoms with E-state index in [0.717, 1.165) is 23.5 Å². The van der Waals surface area contributed by atoms with Crippen LogP contribution in [0.25, 0.3) is 5.69 Å². The Labute approximate surface area is 186 Å². The fourth-order valence-electron chi connectivity index (χ4n) is 3.69. The first-order valence-corrected chi connectivity index (χ1v) is 9.91. The van der Waals surface area contributed by atoms with E-state index in [-0.39, 0.29) is 30.9 Å². The van der Waals surface area contributed by atoms with Crippen LogP contribution in [0.3, 0.4) is 0 Å². The van der Waals surface area contributed by atoms with Crippen LogP contribution in [-0.4, -0.2) is 29.4 Å². The van der Waals surface area contributed by atoms with Crippen LogP contribution in [0.4, 0.5) is 8.78 Å². The molecule has 5 nitrogen and oxygen atoms in total. The lowest BCUT2D eigenvalue weighted by Crippen LogP contribution is -2.26. The first-order chi connectivity index (χ1) is 14.6. The molecular weight excluding hydrogens is 426 g/mol. The Balaban J connectivity index is 0.00000272. The Bertz CT molecular complexity index is 1010. The van der Waals surface area contributed by atoms with Gasteiger partial charge in [-0.3, -0.25) is 0 Å². The second-order valence-electron chi connectivity index (χ2n) is 7.32. The van der Waals surface area contributed by atoms with E-state index >= 15 is 4.39 Å². The van der Waals surface area contributed by atoms with E-state index in [2.05, 4.69) is 4.98 Å². The van der Waals surface area contributed by atoms with Gasteiger partial charge in [-0.25, -0.2) is 13.8 Å². The van der Waals surface area contributed by atoms with Crippen molar-refractivity contribution in [1.29, 1.82) is 0 Å². The number of hydrogen-bond acceptors (Lipinski definition) is 4. The molecule has 0 N–H and O–H groups in total. The number of hydrogen-bond donors (Lipinski definition) is 0. The molecule has 2 atom stereocenters. The van der Waals surface area contributed by atoms with Crippen LogP contribution in [0.1, 0.15) is 35.9 Å². The molecule has 31 heavy (non-hydrogen) atoms. The molecule has 0 amide bonds. The average Bonchev–Trinajstić information content (AvgIpc) is 3.20. The lowest BCUT2D eigenvalue weighted by Gasteiger charge is -2.29. The topological polar surface area (TPSA) is 45.5 Å². The lowest BCUT2D eigenvalue weighted by molar-refractivity contribution is -0.0612. The third-order valence-electron chi connectivity index (χ3n) is 5.42. The van der Waals surface area contributed by atoms with Gasteiger partial charge in [0.1, 0.15) is 12.4 Å². The van der Waals surface area contributed by atoms with Gasteiger partial charge in [-0.1, -0.05) is 18.2 Å². The molecular formula is C23H25ClF2N2O3. The van der Waals surface area contributed by atoms with Gasteiger partial charge in [-0.05, 0) is 37.1 Å². The number of benzene rings is 2. The lowest BCUT2D eigenvalue weighted by atomic mass is 9.98. The number of rotatable bonds is 6. The first kappa shape index (κ1) is 23.2. The monoisotopic (exact) mass is 450 g/mol. The molecule has 0 aliphatic carbocycles. The van der Waals surface area contributed by atoms with E-state index in [1.54, 1.807) is 13.3 Å². The summed E-state index contributed by atoms with van der Waals surface area (Å²) in [5.41, 5.74) is 2.04. The van der Waals surface area contributed by atoms with E-state index in [4.69, 9.17) is 14.2 Å². The van der Waals surface area contributed by atoms with Crippen LogP contribution in [0, 0.1) is 18.6 Å². The number of aromatic nitrogens is 2. The molecule has 2 unspecified atom stereocenters. The number of imidazole rings is 1. The second kappa shape index (κ2) is 10.2. The molecule has 0 spiro atoms. The van der Waals surface area contributed by atoms with Crippen molar-refractivity contribution in [2.75, 3.05) is 13.7 Å². The van der Waals surface area contributed by atoms with Crippen molar-refractivity contribution in [2.24, 2.45) is 0 Å². The molecule has 0 saturated carbocycles. The van der Waals surface area contributed by atoms with E-state index in [0.29, 0.717) is 18.6 Å². The first-order valence-electron chi connectivity index (χ1n) is 9.91. The molecule has 8 heteroatoms. The molecule has 1 fully saturated rings. The Kier molecular flexibility index (Phi) is 7.64. The smallest absolute Gasteiger partial charge is 0.191 e. The minimum absolute atomic E-state index is 0. The van der Waals surface area contributed by atoms with E-state index < -0.39 is 17.7 Å². The summed E-state index contributed by atoms with van der Waals surface area (Å²) in [7, 11) is 1.63. The molecule has 1 saturated heterocycles. The van der Waals surface area contributed by atoms with Crippen molar-refractivity contribution in [3.63, 3.8) is 0 Å². The summed E-state index contributed by atoms with van der Waals surface area (Å²) < 4.78 is 47.9. The van der Waals surface area contributed by atoms with Crippen molar-refractivity contribution in [3.05, 3.63) is 77.4 Å². The SMILES string of the molecule is COC1CCOC(c2ccc(F)c(OCc3ccc(-n4ccnc4C)cc3)c2F)C1.Cl. The van der Waals surface area contributed by atoms with Crippen LogP contribution >= 0.6 is 12.4 Å². The van der Waals surface area contributed by atoms with Crippen LogP contribution in [0.5, 0.6) is 5.75 Å². The van der Waals surface area contributed by atoms with Gasteiger partial charge in [-0.2, -0.15) is 0 Å². The Morgan fingerprint density at radius 3 is 2.61 bits per heavy atom. The third-order valence-corrected chi connectivity index (χ3v) is 5.42. The maximum atomic E-state index is 15.0. The Morgan fingerprint density at radius 2 is 1.94 bits per heavy atom. The van der Waals surface area contributed by atoms with Gasteiger partial charge < -0.3 is 18.8 Å². The highest BCUT2D eigenvalue weighted by Crippen LogP contribution is 2.35. The average molecular weight is 451 g/mol. The highest BCUT2D eigenvalue weighted by Gasteiger charge is 2.28. The van der Waals surface area contributed by atoms with Gasteiger partial charge in [-0.15, -0.1) is 12.4 Å². The molecule has 3 aromatic rings. The van der Waals surface area contributed by atoms with Gasteiger partial charge >= 0.3 is 0 Å². The summed E-state index contributed by atoms with van der Waals surface area (Å²) in [5, 5.41) is 0. The normalized spacial score (nSPS) is 18.5. The number of halogens is 3. The Morgan fingerprint density at radius 1 is 1.16 bits per heavy atom. The van der Waals surface area contributed by atoms with Gasteiger partial charge in [0.05, 0.1) is 12.2 Å². The molecule has 0 radical (unpaired) electrons. The van der Waals surface area contributed by atoms with Crippen LogP contribution in [-0.2, 0) is 16.1 Å². The predicted octanol–water partition coefficient (Wildman–Crippen LogP) is 5.33. The van der Waals surface area contributed by atoms with Crippen LogP contribution in [0.15, 0.2) is 48.8 Å². The standard InChI is InChI=1S/C23H24F2N2O3.ClH/c1-15-26-10-11-27(15)17-5-3-16(4-6-17)14-30-23-20(24)8-7-19(22(23)25)21-13-18(28-2)9-12-29-21;/h3-8,10-11,18,21H,9,12-14H2,1-2H3;1H. The number of nitrogens with zero attached hydrogens (tertiary/aromatic N) is 2. The maximum Gasteiger partial charge on any atom is 0.191 e. The molecule has 1 aromatic heterocycles. The van der Waals surface area contributed by atoms with Crippen molar-refractivity contribution < 1.29 is 23.0 Å². The van der Waals surface area contributed by atoms with Gasteiger partial charge in [0.2, 0.25) is 0 Å². The fraction of sp³-hybridized carbons (Fsp3) is 0.348. The highest BCUT2D eigenvalue weighted by molar-refractivity contribution is 5.85. The molecule has 1 aliphatic heterocycles. The zero-order valence-corrected chi connectivity index (χ0v) is 18.2. The van der Waals surface area contributed by atoms with E-state index in [1.807, 2.05) is 42.0 Å². The minimum Gasteiger partial charge on any atom is -0.483 e. The summed E-state index contributed by atoms with van der Waals surface area (Å²) in [5.74, 6) is -0.964. The van der Waals surface area contributed by atoms with Gasteiger partial charge in [0, 0.05) is 43.8 Å². The third kappa shape index (κ3) is 5.06. The van der Waals surface area contributed by atoms with Crippen molar-refractivity contribution >= 4 is 12.4 Å². The zero-order chi connectivity index (χ0) is 21.1. The molecule has 4 rings (SSSR count). The largest absolute Gasteiger partial charge is 0.483 e. The van der Waals surface area contributed by atoms with E-state index in [9.17, 15) is 4.39 Å². The maximum absolute atomic E-state index is 15.0. The van der Waals surface area contributed by atoms with Gasteiger partial charge in [0.15, 0.2) is 17.4 Å². The van der Waals surface area contributed by atoms with Crippen molar-refractivity contribution in [2.45, 2.75) is 38.6 Å². The molecule has 0 bridgehead atoms. The summed E-state index contributed by atoms with van der Waals surface area (Å²) in [4.78, 5) is 4.20.